The largest absolute Gasteiger partial charge is 0.489 e. The third kappa shape index (κ3) is 2.56. The van der Waals surface area contributed by atoms with Crippen LogP contribution >= 0.6 is 0 Å². The summed E-state index contributed by atoms with van der Waals surface area (Å²) in [5.41, 5.74) is 3.68. The van der Waals surface area contributed by atoms with Gasteiger partial charge in [-0.25, -0.2) is 4.98 Å². The van der Waals surface area contributed by atoms with Gasteiger partial charge >= 0.3 is 0 Å². The van der Waals surface area contributed by atoms with E-state index < -0.39 is 0 Å². The summed E-state index contributed by atoms with van der Waals surface area (Å²) in [6.45, 7) is 4.53. The highest BCUT2D eigenvalue weighted by atomic mass is 16.5. The maximum absolute atomic E-state index is 12.7. The van der Waals surface area contributed by atoms with Crippen molar-refractivity contribution in [1.82, 2.24) is 14.9 Å². The number of amides is 1. The van der Waals surface area contributed by atoms with Gasteiger partial charge in [0.25, 0.3) is 5.91 Å². The molecule has 2 heterocycles. The number of carbonyl (C=O) groups is 1. The van der Waals surface area contributed by atoms with E-state index in [1.54, 1.807) is 0 Å². The van der Waals surface area contributed by atoms with Crippen molar-refractivity contribution in [1.29, 1.82) is 0 Å². The van der Waals surface area contributed by atoms with Crippen molar-refractivity contribution in [3.8, 4) is 5.75 Å². The molecule has 0 aliphatic carbocycles. The van der Waals surface area contributed by atoms with Crippen molar-refractivity contribution in [2.75, 3.05) is 0 Å². The fourth-order valence-corrected chi connectivity index (χ4v) is 3.37. The smallest absolute Gasteiger partial charge is 0.255 e. The van der Waals surface area contributed by atoms with Crippen molar-refractivity contribution in [2.24, 2.45) is 7.05 Å². The van der Waals surface area contributed by atoms with Crippen molar-refractivity contribution < 1.29 is 9.53 Å². The first-order valence-electron chi connectivity index (χ1n) is 8.54. The summed E-state index contributed by atoms with van der Waals surface area (Å²) in [6.07, 6.45) is 0.0868. The number of aryl methyl sites for hydroxylation is 1. The predicted octanol–water partition coefficient (Wildman–Crippen LogP) is 3.39. The molecule has 0 radical (unpaired) electrons. The minimum absolute atomic E-state index is 0.0868. The Morgan fingerprint density at radius 1 is 1.20 bits per heavy atom. The van der Waals surface area contributed by atoms with Crippen LogP contribution in [0, 0.1) is 0 Å². The summed E-state index contributed by atoms with van der Waals surface area (Å²) in [5.74, 6) is 1.70. The first-order valence-corrected chi connectivity index (χ1v) is 8.54. The zero-order chi connectivity index (χ0) is 17.6. The van der Waals surface area contributed by atoms with Crippen LogP contribution in [0.3, 0.4) is 0 Å². The lowest BCUT2D eigenvalue weighted by Gasteiger charge is -2.10. The van der Waals surface area contributed by atoms with Crippen LogP contribution in [-0.4, -0.2) is 21.6 Å². The van der Waals surface area contributed by atoms with E-state index in [1.807, 2.05) is 61.0 Å². The first-order chi connectivity index (χ1) is 12.1. The van der Waals surface area contributed by atoms with Crippen molar-refractivity contribution >= 4 is 16.9 Å². The molecule has 2 aromatic carbocycles. The number of benzene rings is 2. The van der Waals surface area contributed by atoms with Crippen molar-refractivity contribution in [2.45, 2.75) is 32.4 Å². The second kappa shape index (κ2) is 5.92. The van der Waals surface area contributed by atoms with Gasteiger partial charge in [0.05, 0.1) is 23.1 Å². The summed E-state index contributed by atoms with van der Waals surface area (Å²) in [7, 11) is 1.96. The molecule has 1 aliphatic rings. The molecule has 5 nitrogen and oxygen atoms in total. The molecular weight excluding hydrogens is 314 g/mol. The Morgan fingerprint density at radius 3 is 2.80 bits per heavy atom. The molecule has 3 aromatic rings. The van der Waals surface area contributed by atoms with Gasteiger partial charge in [-0.2, -0.15) is 0 Å². The van der Waals surface area contributed by atoms with Gasteiger partial charge in [0.2, 0.25) is 0 Å². The normalized spacial score (nSPS) is 18.8. The van der Waals surface area contributed by atoms with Gasteiger partial charge in [0.15, 0.2) is 0 Å². The molecule has 1 amide bonds. The molecule has 5 heteroatoms. The molecular formula is C20H21N3O2. The Bertz CT molecular complexity index is 961. The Morgan fingerprint density at radius 2 is 2.00 bits per heavy atom. The molecule has 0 unspecified atom stereocenters. The van der Waals surface area contributed by atoms with Gasteiger partial charge in [-0.3, -0.25) is 4.79 Å². The van der Waals surface area contributed by atoms with Crippen molar-refractivity contribution in [3.05, 3.63) is 59.4 Å². The fourth-order valence-electron chi connectivity index (χ4n) is 3.37. The Labute approximate surface area is 146 Å². The minimum Gasteiger partial charge on any atom is -0.489 e. The quantitative estimate of drug-likeness (QED) is 0.798. The monoisotopic (exact) mass is 335 g/mol. The number of hydrogen-bond donors (Lipinski definition) is 1. The van der Waals surface area contributed by atoms with Crippen LogP contribution in [-0.2, 0) is 13.6 Å². The number of imidazole rings is 1. The lowest BCUT2D eigenvalue weighted by atomic mass is 9.97. The highest BCUT2D eigenvalue weighted by Gasteiger charge is 2.31. The Balaban J connectivity index is 1.56. The van der Waals surface area contributed by atoms with Gasteiger partial charge in [-0.15, -0.1) is 0 Å². The molecule has 0 fully saturated rings. The van der Waals surface area contributed by atoms with E-state index >= 15 is 0 Å². The van der Waals surface area contributed by atoms with Crippen LogP contribution in [0.1, 0.15) is 41.5 Å². The van der Waals surface area contributed by atoms with Crippen LogP contribution in [0.15, 0.2) is 42.5 Å². The number of carbonyl (C=O) groups excluding carboxylic acids is 1. The molecule has 1 N–H and O–H groups in total. The number of nitrogens with zero attached hydrogens (tertiary/aromatic N) is 2. The number of ether oxygens (including phenoxy) is 1. The molecule has 0 spiro atoms. The number of hydrogen-bond acceptors (Lipinski definition) is 3. The fraction of sp³-hybridized carbons (Fsp3) is 0.300. The van der Waals surface area contributed by atoms with Gasteiger partial charge in [0, 0.05) is 18.5 Å². The van der Waals surface area contributed by atoms with Crippen LogP contribution in [0.5, 0.6) is 5.75 Å². The number of fused-ring (bicyclic) bond motifs is 2. The number of para-hydroxylation sites is 3. The van der Waals surface area contributed by atoms with Crippen LogP contribution < -0.4 is 10.1 Å². The zero-order valence-electron chi connectivity index (χ0n) is 14.6. The molecule has 2 atom stereocenters. The van der Waals surface area contributed by atoms with E-state index in [1.165, 1.54) is 0 Å². The summed E-state index contributed by atoms with van der Waals surface area (Å²) in [5, 5.41) is 2.97. The van der Waals surface area contributed by atoms with Gasteiger partial charge in [-0.05, 0) is 25.1 Å². The molecule has 4 rings (SSSR count). The number of nitrogens with one attached hydrogen (secondary N) is 1. The second-order valence-corrected chi connectivity index (χ2v) is 6.59. The minimum atomic E-state index is -0.134. The summed E-state index contributed by atoms with van der Waals surface area (Å²) >= 11 is 0. The predicted molar refractivity (Wildman–Crippen MR) is 96.8 cm³/mol. The number of rotatable bonds is 3. The molecule has 0 saturated carbocycles. The number of aromatic nitrogens is 2. The molecule has 128 valence electrons. The molecule has 0 saturated heterocycles. The first kappa shape index (κ1) is 15.7. The molecule has 0 bridgehead atoms. The standard InChI is InChI=1S/C20H21N3O2/c1-12-13(2)25-19-14(12)7-6-8-15(19)20(24)21-11-18-22-16-9-4-5-10-17(16)23(18)3/h4-10,12-13H,11H2,1-3H3,(H,21,24)/t12-,13-/m1/s1. The van der Waals surface area contributed by atoms with E-state index in [2.05, 4.69) is 17.2 Å². The van der Waals surface area contributed by atoms with Gasteiger partial charge < -0.3 is 14.6 Å². The van der Waals surface area contributed by atoms with E-state index in [9.17, 15) is 4.79 Å². The van der Waals surface area contributed by atoms with Crippen LogP contribution in [0.2, 0.25) is 0 Å². The molecule has 25 heavy (non-hydrogen) atoms. The third-order valence-electron chi connectivity index (χ3n) is 5.08. The summed E-state index contributed by atoms with van der Waals surface area (Å²) in [4.78, 5) is 17.3. The topological polar surface area (TPSA) is 56.1 Å². The van der Waals surface area contributed by atoms with E-state index in [4.69, 9.17) is 4.74 Å². The Kier molecular flexibility index (Phi) is 3.71. The molecule has 1 aliphatic heterocycles. The third-order valence-corrected chi connectivity index (χ3v) is 5.08. The Hall–Kier alpha value is -2.82. The lowest BCUT2D eigenvalue weighted by molar-refractivity contribution is 0.0944. The zero-order valence-corrected chi connectivity index (χ0v) is 14.6. The van der Waals surface area contributed by atoms with Gasteiger partial charge in [-0.1, -0.05) is 31.2 Å². The maximum Gasteiger partial charge on any atom is 0.255 e. The lowest BCUT2D eigenvalue weighted by Crippen LogP contribution is -2.25. The van der Waals surface area contributed by atoms with E-state index in [0.29, 0.717) is 23.8 Å². The van der Waals surface area contributed by atoms with Crippen LogP contribution in [0.25, 0.3) is 11.0 Å². The van der Waals surface area contributed by atoms with E-state index in [0.717, 1.165) is 22.4 Å². The average molecular weight is 335 g/mol. The SMILES string of the molecule is C[C@H]1Oc2c(C(=O)NCc3nc4ccccc4n3C)cccc2[C@@H]1C. The van der Waals surface area contributed by atoms with Gasteiger partial charge in [0.1, 0.15) is 17.7 Å². The molecule has 1 aromatic heterocycles. The summed E-state index contributed by atoms with van der Waals surface area (Å²) < 4.78 is 7.92. The highest BCUT2D eigenvalue weighted by molar-refractivity contribution is 5.97. The highest BCUT2D eigenvalue weighted by Crippen LogP contribution is 2.40. The van der Waals surface area contributed by atoms with E-state index in [-0.39, 0.29) is 12.0 Å². The second-order valence-electron chi connectivity index (χ2n) is 6.59. The summed E-state index contributed by atoms with van der Waals surface area (Å²) in [6, 6.07) is 13.7. The average Bonchev–Trinajstić information content (AvgIpc) is 3.10. The van der Waals surface area contributed by atoms with Crippen molar-refractivity contribution in [3.63, 3.8) is 0 Å². The van der Waals surface area contributed by atoms with Crippen LogP contribution in [0.4, 0.5) is 0 Å². The maximum atomic E-state index is 12.7.